The number of carbonyl (C=O) groups excluding carboxylic acids is 1. The number of piperidine rings is 1. The molecule has 9 unspecified atom stereocenters. The van der Waals surface area contributed by atoms with Crippen LogP contribution in [0.3, 0.4) is 0 Å². The minimum atomic E-state index is -0.892. The Bertz CT molecular complexity index is 725. The maximum Gasteiger partial charge on any atom is 0.138 e. The molecule has 0 bridgehead atoms. The van der Waals surface area contributed by atoms with Gasteiger partial charge in [0.1, 0.15) is 18.1 Å². The van der Waals surface area contributed by atoms with E-state index in [-0.39, 0.29) is 24.0 Å². The number of ketones is 1. The molecule has 1 heterocycles. The van der Waals surface area contributed by atoms with Crippen LogP contribution >= 0.6 is 0 Å². The number of aliphatic hydroxyl groups is 4. The Balaban J connectivity index is 1.57. The molecule has 0 aromatic rings. The summed E-state index contributed by atoms with van der Waals surface area (Å²) in [6.45, 7) is 5.59. The van der Waals surface area contributed by atoms with Crippen molar-refractivity contribution in [3.05, 3.63) is 0 Å². The molecule has 2 saturated carbocycles. The molecule has 3 rings (SSSR count). The van der Waals surface area contributed by atoms with Gasteiger partial charge in [0.2, 0.25) is 0 Å². The van der Waals surface area contributed by atoms with Crippen molar-refractivity contribution in [2.75, 3.05) is 20.3 Å². The van der Waals surface area contributed by atoms with Gasteiger partial charge in [-0.15, -0.1) is 0 Å². The van der Waals surface area contributed by atoms with E-state index < -0.39 is 36.4 Å². The van der Waals surface area contributed by atoms with Crippen molar-refractivity contribution < 1.29 is 40.0 Å². The number of aliphatic hydroxyl groups excluding tert-OH is 4. The van der Waals surface area contributed by atoms with Gasteiger partial charge in [-0.3, -0.25) is 10.5 Å². The molecule has 0 amide bonds. The third kappa shape index (κ3) is 10.3. The van der Waals surface area contributed by atoms with Crippen molar-refractivity contribution in [1.29, 1.82) is 0 Å². The van der Waals surface area contributed by atoms with Crippen LogP contribution in [0.2, 0.25) is 0 Å². The monoisotopic (exact) mass is 557 g/mol. The number of hydrogen-bond acceptors (Lipinski definition) is 8. The van der Waals surface area contributed by atoms with Crippen LogP contribution in [-0.2, 0) is 14.3 Å². The number of ether oxygens (including phenoxy) is 2. The minimum Gasteiger partial charge on any atom is -0.392 e. The van der Waals surface area contributed by atoms with Gasteiger partial charge in [0.15, 0.2) is 0 Å². The zero-order chi connectivity index (χ0) is 28.5. The van der Waals surface area contributed by atoms with Gasteiger partial charge in [-0.2, -0.15) is 0 Å². The zero-order valence-corrected chi connectivity index (χ0v) is 24.5. The highest BCUT2D eigenvalue weighted by Crippen LogP contribution is 2.35. The van der Waals surface area contributed by atoms with Crippen LogP contribution in [0.4, 0.5) is 0 Å². The van der Waals surface area contributed by atoms with E-state index in [1.54, 1.807) is 7.11 Å². The van der Waals surface area contributed by atoms with Crippen molar-refractivity contribution in [1.82, 2.24) is 0 Å². The molecule has 1 saturated heterocycles. The lowest BCUT2D eigenvalue weighted by Crippen LogP contribution is -2.94. The fraction of sp³-hybridized carbons (Fsp3) is 0.967. The van der Waals surface area contributed by atoms with Gasteiger partial charge in [0.25, 0.3) is 0 Å². The van der Waals surface area contributed by atoms with Crippen LogP contribution in [0.5, 0.6) is 0 Å². The molecule has 39 heavy (non-hydrogen) atoms. The molecule has 3 aliphatic rings. The van der Waals surface area contributed by atoms with Crippen molar-refractivity contribution in [2.24, 2.45) is 35.3 Å². The summed E-state index contributed by atoms with van der Waals surface area (Å²) in [5, 5.41) is 44.5. The second-order valence-corrected chi connectivity index (χ2v) is 13.3. The van der Waals surface area contributed by atoms with Crippen LogP contribution in [0.25, 0.3) is 0 Å². The normalized spacial score (nSPS) is 37.5. The summed E-state index contributed by atoms with van der Waals surface area (Å²) in [5.41, 5.74) is 6.19. The average molecular weight is 558 g/mol. The summed E-state index contributed by atoms with van der Waals surface area (Å²) in [4.78, 5) is 13.6. The largest absolute Gasteiger partial charge is 0.392 e. The van der Waals surface area contributed by atoms with Gasteiger partial charge in [-0.1, -0.05) is 13.8 Å². The summed E-state index contributed by atoms with van der Waals surface area (Å²) in [6.07, 6.45) is 5.01. The average Bonchev–Trinajstić information content (AvgIpc) is 2.90. The van der Waals surface area contributed by atoms with Crippen LogP contribution in [0.1, 0.15) is 90.9 Å². The van der Waals surface area contributed by atoms with Gasteiger partial charge < -0.3 is 35.2 Å². The van der Waals surface area contributed by atoms with E-state index in [1.165, 1.54) is 0 Å². The number of carbonyl (C=O) groups is 1. The van der Waals surface area contributed by atoms with Gasteiger partial charge in [-0.05, 0) is 87.9 Å². The molecule has 0 radical (unpaired) electrons. The third-order valence-electron chi connectivity index (χ3n) is 9.51. The summed E-state index contributed by atoms with van der Waals surface area (Å²) in [7, 11) is 1.64. The first-order chi connectivity index (χ1) is 18.6. The molecule has 228 valence electrons. The van der Waals surface area contributed by atoms with E-state index in [0.717, 1.165) is 38.6 Å². The number of rotatable bonds is 14. The number of quaternary nitrogens is 1. The molecule has 1 aliphatic heterocycles. The summed E-state index contributed by atoms with van der Waals surface area (Å²) in [6, 6.07) is 0. The van der Waals surface area contributed by atoms with Gasteiger partial charge in [0, 0.05) is 32.5 Å². The number of methoxy groups -OCH3 is 1. The number of Topliss-reactive ketones (excluding diaryl/α,β-unsaturated/α-hetero) is 1. The molecule has 9 heteroatoms. The third-order valence-corrected chi connectivity index (χ3v) is 9.51. The first kappa shape index (κ1) is 32.9. The maximum absolute atomic E-state index is 13.6. The Hall–Kier alpha value is -0.650. The van der Waals surface area contributed by atoms with Crippen LogP contribution in [0, 0.1) is 29.6 Å². The van der Waals surface area contributed by atoms with Crippen LogP contribution < -0.4 is 11.1 Å². The standard InChI is InChI=1S/C30H56N2O7/c1-18(2)17-39-28-15-20(13-26(36)30(28)37)6-8-24(34)22(12-21-10-11-32-29(31)16-21)23(33)7-4-19-5-9-25(35)27(14-19)38-3/h18-23,25-30,32-33,35-37H,4-17,31H2,1-3H3/p+1/t19?,20?,21?,22-,23-,25?,26?,27?,28?,29?,30?/m1/s1. The molecule has 9 nitrogen and oxygen atoms in total. The molecule has 0 spiro atoms. The molecule has 3 fully saturated rings. The first-order valence-corrected chi connectivity index (χ1v) is 15.6. The second kappa shape index (κ2) is 16.1. The first-order valence-electron chi connectivity index (χ1n) is 15.6. The molecule has 0 aromatic heterocycles. The Kier molecular flexibility index (Phi) is 13.6. The molecule has 0 aromatic carbocycles. The summed E-state index contributed by atoms with van der Waals surface area (Å²) in [5.74, 6) is 0.818. The predicted molar refractivity (Wildman–Crippen MR) is 149 cm³/mol. The molecule has 11 atom stereocenters. The summed E-state index contributed by atoms with van der Waals surface area (Å²) >= 11 is 0. The van der Waals surface area contributed by atoms with Crippen LogP contribution in [0.15, 0.2) is 0 Å². The topological polar surface area (TPSA) is 159 Å². The van der Waals surface area contributed by atoms with Crippen molar-refractivity contribution in [3.8, 4) is 0 Å². The SMILES string of the molecule is COC1CC(CC[C@@H](O)[C@@H](CC2CC[NH2+]C(N)C2)C(=O)CCC2CC(O)C(O)C(OCC(C)C)C2)CCC1O. The Morgan fingerprint density at radius 2 is 1.69 bits per heavy atom. The molecule has 2 aliphatic carbocycles. The van der Waals surface area contributed by atoms with E-state index in [0.29, 0.717) is 69.3 Å². The fourth-order valence-corrected chi connectivity index (χ4v) is 7.08. The second-order valence-electron chi connectivity index (χ2n) is 13.3. The number of nitrogens with two attached hydrogens (primary N) is 2. The highest BCUT2D eigenvalue weighted by atomic mass is 16.5. The lowest BCUT2D eigenvalue weighted by molar-refractivity contribution is -0.699. The maximum atomic E-state index is 13.6. The smallest absolute Gasteiger partial charge is 0.138 e. The van der Waals surface area contributed by atoms with E-state index in [1.807, 2.05) is 0 Å². The van der Waals surface area contributed by atoms with Crippen molar-refractivity contribution in [2.45, 2.75) is 134 Å². The van der Waals surface area contributed by atoms with E-state index >= 15 is 0 Å². The highest BCUT2D eigenvalue weighted by molar-refractivity contribution is 5.81. The predicted octanol–water partition coefficient (Wildman–Crippen LogP) is 1.09. The van der Waals surface area contributed by atoms with E-state index in [4.69, 9.17) is 15.2 Å². The van der Waals surface area contributed by atoms with Gasteiger partial charge in [-0.25, -0.2) is 0 Å². The van der Waals surface area contributed by atoms with E-state index in [9.17, 15) is 25.2 Å². The highest BCUT2D eigenvalue weighted by Gasteiger charge is 2.38. The zero-order valence-electron chi connectivity index (χ0n) is 24.5. The minimum absolute atomic E-state index is 0.0502. The molecular formula is C30H57N2O7+. The molecular weight excluding hydrogens is 500 g/mol. The Morgan fingerprint density at radius 3 is 2.38 bits per heavy atom. The Labute approximate surface area is 235 Å². The Morgan fingerprint density at radius 1 is 0.949 bits per heavy atom. The lowest BCUT2D eigenvalue weighted by atomic mass is 9.76. The van der Waals surface area contributed by atoms with Crippen LogP contribution in [-0.4, -0.2) is 89.3 Å². The molecule has 8 N–H and O–H groups in total. The van der Waals surface area contributed by atoms with Crippen molar-refractivity contribution in [3.63, 3.8) is 0 Å². The van der Waals surface area contributed by atoms with Gasteiger partial charge >= 0.3 is 0 Å². The van der Waals surface area contributed by atoms with E-state index in [2.05, 4.69) is 19.2 Å². The quantitative estimate of drug-likeness (QED) is 0.185. The fourth-order valence-electron chi connectivity index (χ4n) is 7.08. The lowest BCUT2D eigenvalue weighted by Gasteiger charge is -2.37. The van der Waals surface area contributed by atoms with Crippen molar-refractivity contribution >= 4 is 5.78 Å². The summed E-state index contributed by atoms with van der Waals surface area (Å²) < 4.78 is 11.3. The van der Waals surface area contributed by atoms with Gasteiger partial charge in [0.05, 0.1) is 37.1 Å². The number of hydrogen-bond donors (Lipinski definition) is 6.